The molecule has 0 aliphatic carbocycles. The molecule has 1 fully saturated rings. The third kappa shape index (κ3) is 7.96. The monoisotopic (exact) mass is 564 g/mol. The highest BCUT2D eigenvalue weighted by Gasteiger charge is 2.28. The van der Waals surface area contributed by atoms with Crippen molar-refractivity contribution in [3.63, 3.8) is 0 Å². The number of benzene rings is 1. The lowest BCUT2D eigenvalue weighted by atomic mass is 10.1. The van der Waals surface area contributed by atoms with Crippen molar-refractivity contribution in [1.82, 2.24) is 20.3 Å². The van der Waals surface area contributed by atoms with Crippen LogP contribution in [0.4, 0.5) is 21.1 Å². The predicted octanol–water partition coefficient (Wildman–Crippen LogP) is 4.88. The minimum Gasteiger partial charge on any atom is -0.464 e. The lowest BCUT2D eigenvalue weighted by molar-refractivity contribution is 0.0240. The summed E-state index contributed by atoms with van der Waals surface area (Å²) in [5.74, 6) is 0.561. The van der Waals surface area contributed by atoms with Gasteiger partial charge in [-0.15, -0.1) is 0 Å². The van der Waals surface area contributed by atoms with Gasteiger partial charge in [0.25, 0.3) is 5.91 Å². The highest BCUT2D eigenvalue weighted by molar-refractivity contribution is 6.05. The van der Waals surface area contributed by atoms with Crippen LogP contribution in [0.1, 0.15) is 52.0 Å². The molecule has 0 bridgehead atoms. The van der Waals surface area contributed by atoms with Gasteiger partial charge >= 0.3 is 12.2 Å². The van der Waals surface area contributed by atoms with Gasteiger partial charge in [-0.3, -0.25) is 4.79 Å². The highest BCUT2D eigenvalue weighted by atomic mass is 16.6. The number of rotatable bonds is 4. The van der Waals surface area contributed by atoms with Gasteiger partial charge in [0.15, 0.2) is 0 Å². The van der Waals surface area contributed by atoms with E-state index in [1.54, 1.807) is 62.3 Å². The van der Waals surface area contributed by atoms with Crippen molar-refractivity contribution < 1.29 is 28.3 Å². The number of amides is 3. The quantitative estimate of drug-likeness (QED) is 0.441. The lowest BCUT2D eigenvalue weighted by Crippen LogP contribution is -2.50. The molecule has 3 amide bonds. The molecule has 1 saturated heterocycles. The zero-order valence-electron chi connectivity index (χ0n) is 24.2. The zero-order chi connectivity index (χ0) is 29.8. The summed E-state index contributed by atoms with van der Waals surface area (Å²) >= 11 is 0. The molecule has 3 heterocycles. The van der Waals surface area contributed by atoms with Gasteiger partial charge in [0.05, 0.1) is 24.3 Å². The Bertz CT molecular complexity index is 1350. The number of nitrogens with one attached hydrogen (secondary N) is 1. The van der Waals surface area contributed by atoms with Gasteiger partial charge in [-0.1, -0.05) is 12.1 Å². The number of carbonyl (C=O) groups is 3. The molecule has 3 aromatic rings. The van der Waals surface area contributed by atoms with E-state index in [1.165, 1.54) is 12.4 Å². The maximum Gasteiger partial charge on any atom is 0.427 e. The summed E-state index contributed by atoms with van der Waals surface area (Å²) in [6, 6.07) is 10.5. The first-order valence-corrected chi connectivity index (χ1v) is 13.3. The van der Waals surface area contributed by atoms with Crippen LogP contribution >= 0.6 is 0 Å². The van der Waals surface area contributed by atoms with Gasteiger partial charge in [-0.05, 0) is 65.8 Å². The molecular formula is C29H36N6O6. The smallest absolute Gasteiger partial charge is 0.427 e. The minimum atomic E-state index is -0.804. The van der Waals surface area contributed by atoms with Gasteiger partial charge in [0, 0.05) is 31.7 Å². The van der Waals surface area contributed by atoms with Crippen LogP contribution in [0, 0.1) is 0 Å². The molecule has 0 radical (unpaired) electrons. The van der Waals surface area contributed by atoms with Crippen LogP contribution in [0.2, 0.25) is 0 Å². The second-order valence-electron chi connectivity index (χ2n) is 11.5. The van der Waals surface area contributed by atoms with Gasteiger partial charge in [-0.25, -0.2) is 30.0 Å². The second kappa shape index (κ2) is 11.9. The highest BCUT2D eigenvalue weighted by Crippen LogP contribution is 2.26. The van der Waals surface area contributed by atoms with Crippen LogP contribution in [0.15, 0.2) is 59.5 Å². The summed E-state index contributed by atoms with van der Waals surface area (Å²) in [6.07, 6.45) is 3.26. The number of hydrogen-bond donors (Lipinski definition) is 1. The molecule has 0 saturated carbocycles. The van der Waals surface area contributed by atoms with Gasteiger partial charge in [0.2, 0.25) is 0 Å². The molecule has 0 unspecified atom stereocenters. The molecule has 1 aliphatic heterocycles. The Labute approximate surface area is 239 Å². The van der Waals surface area contributed by atoms with E-state index in [1.807, 2.05) is 31.7 Å². The van der Waals surface area contributed by atoms with E-state index in [9.17, 15) is 14.4 Å². The van der Waals surface area contributed by atoms with Crippen molar-refractivity contribution in [1.29, 1.82) is 0 Å². The van der Waals surface area contributed by atoms with E-state index in [-0.39, 0.29) is 11.8 Å². The molecule has 1 aliphatic rings. The van der Waals surface area contributed by atoms with Crippen LogP contribution < -0.4 is 15.3 Å². The SMILES string of the molecule is CC(C)(C)OC(=O)NN(C(=O)c1cnc(N2CCN(C(=O)OC(C)(C)C)CC2)cn1)c1cccc(-c2ccco2)c1. The topological polar surface area (TPSA) is 130 Å². The average molecular weight is 565 g/mol. The molecule has 12 heteroatoms. The first-order valence-electron chi connectivity index (χ1n) is 13.3. The first-order chi connectivity index (χ1) is 19.3. The standard InChI is InChI=1S/C29H36N6O6/c1-28(2,3)40-26(37)32-35(21-10-7-9-20(17-21)23-11-8-16-39-23)25(36)22-18-31-24(19-30-22)33-12-14-34(15-13-33)27(38)41-29(4,5)6/h7-11,16-19H,12-15H2,1-6H3,(H,32,37). The van der Waals surface area contributed by atoms with Crippen molar-refractivity contribution in [2.75, 3.05) is 36.1 Å². The number of hydrazine groups is 1. The summed E-state index contributed by atoms with van der Waals surface area (Å²) in [5, 5.41) is 1.07. The Kier molecular flexibility index (Phi) is 8.50. The van der Waals surface area contributed by atoms with Crippen LogP contribution in [0.5, 0.6) is 0 Å². The summed E-state index contributed by atoms with van der Waals surface area (Å²) in [5.41, 5.74) is 2.30. The summed E-state index contributed by atoms with van der Waals surface area (Å²) in [4.78, 5) is 51.1. The van der Waals surface area contributed by atoms with E-state index in [2.05, 4.69) is 15.4 Å². The van der Waals surface area contributed by atoms with E-state index < -0.39 is 23.2 Å². The predicted molar refractivity (Wildman–Crippen MR) is 152 cm³/mol. The van der Waals surface area contributed by atoms with E-state index in [4.69, 9.17) is 13.9 Å². The van der Waals surface area contributed by atoms with Crippen LogP contribution in [0.3, 0.4) is 0 Å². The van der Waals surface area contributed by atoms with Crippen molar-refractivity contribution in [3.05, 3.63) is 60.7 Å². The number of nitrogens with zero attached hydrogens (tertiary/aromatic N) is 5. The largest absolute Gasteiger partial charge is 0.464 e. The number of furan rings is 1. The average Bonchev–Trinajstić information content (AvgIpc) is 3.45. The van der Waals surface area contributed by atoms with Gasteiger partial charge < -0.3 is 23.7 Å². The lowest BCUT2D eigenvalue weighted by Gasteiger charge is -2.36. The molecule has 2 aromatic heterocycles. The number of carbonyl (C=O) groups excluding carboxylic acids is 3. The van der Waals surface area contributed by atoms with E-state index in [0.717, 1.165) is 5.01 Å². The maximum absolute atomic E-state index is 13.6. The minimum absolute atomic E-state index is 0.0144. The third-order valence-electron chi connectivity index (χ3n) is 5.83. The molecule has 12 nitrogen and oxygen atoms in total. The fourth-order valence-electron chi connectivity index (χ4n) is 4.02. The molecule has 0 atom stereocenters. The van der Waals surface area contributed by atoms with E-state index >= 15 is 0 Å². The Morgan fingerprint density at radius 1 is 0.902 bits per heavy atom. The second-order valence-corrected chi connectivity index (χ2v) is 11.5. The molecule has 41 heavy (non-hydrogen) atoms. The van der Waals surface area contributed by atoms with E-state index in [0.29, 0.717) is 49.0 Å². The number of anilines is 2. The summed E-state index contributed by atoms with van der Waals surface area (Å²) in [6.45, 7) is 12.7. The Morgan fingerprint density at radius 3 is 2.20 bits per heavy atom. The number of piperazine rings is 1. The molecule has 218 valence electrons. The molecule has 1 N–H and O–H groups in total. The Hall–Kier alpha value is -4.61. The third-order valence-corrected chi connectivity index (χ3v) is 5.83. The number of ether oxygens (including phenoxy) is 2. The fraction of sp³-hybridized carbons (Fsp3) is 0.414. The summed E-state index contributed by atoms with van der Waals surface area (Å²) < 4.78 is 16.3. The van der Waals surface area contributed by atoms with Crippen LogP contribution in [-0.4, -0.2) is 70.3 Å². The number of hydrogen-bond acceptors (Lipinski definition) is 9. The van der Waals surface area contributed by atoms with Crippen molar-refractivity contribution in [3.8, 4) is 11.3 Å². The van der Waals surface area contributed by atoms with Crippen molar-refractivity contribution >= 4 is 29.6 Å². The molecule has 4 rings (SSSR count). The van der Waals surface area contributed by atoms with Crippen molar-refractivity contribution in [2.45, 2.75) is 52.7 Å². The Morgan fingerprint density at radius 2 is 1.61 bits per heavy atom. The van der Waals surface area contributed by atoms with Crippen LogP contribution in [-0.2, 0) is 9.47 Å². The summed E-state index contributed by atoms with van der Waals surface area (Å²) in [7, 11) is 0. The zero-order valence-corrected chi connectivity index (χ0v) is 24.2. The molecule has 1 aromatic carbocycles. The maximum atomic E-state index is 13.6. The molecule has 0 spiro atoms. The van der Waals surface area contributed by atoms with Gasteiger partial charge in [0.1, 0.15) is 28.5 Å². The fourth-order valence-corrected chi connectivity index (χ4v) is 4.02. The Balaban J connectivity index is 1.50. The normalized spacial score (nSPS) is 13.9. The van der Waals surface area contributed by atoms with Crippen LogP contribution in [0.25, 0.3) is 11.3 Å². The first kappa shape index (κ1) is 29.4. The molecular weight excluding hydrogens is 528 g/mol. The number of aromatic nitrogens is 2. The van der Waals surface area contributed by atoms with Gasteiger partial charge in [-0.2, -0.15) is 0 Å². The van der Waals surface area contributed by atoms with Crippen molar-refractivity contribution in [2.24, 2.45) is 0 Å².